The van der Waals surface area contributed by atoms with Gasteiger partial charge in [-0.05, 0) is 32.0 Å². The second kappa shape index (κ2) is 9.56. The number of ether oxygens (including phenoxy) is 1. The fraction of sp³-hybridized carbons (Fsp3) is 0.435. The molecule has 5 rings (SSSR count). The Morgan fingerprint density at radius 2 is 2.14 bits per heavy atom. The summed E-state index contributed by atoms with van der Waals surface area (Å²) in [4.78, 5) is 19.0. The van der Waals surface area contributed by atoms with Gasteiger partial charge in [-0.1, -0.05) is 0 Å². The van der Waals surface area contributed by atoms with Crippen molar-refractivity contribution < 1.29 is 14.6 Å². The van der Waals surface area contributed by atoms with Gasteiger partial charge in [0.05, 0.1) is 49.8 Å². The maximum atomic E-state index is 12.1. The molecule has 1 aromatic carbocycles. The molecule has 35 heavy (non-hydrogen) atoms. The number of carbonyl (C=O) groups is 1. The van der Waals surface area contributed by atoms with Crippen LogP contribution < -0.4 is 5.73 Å². The van der Waals surface area contributed by atoms with Crippen LogP contribution in [0.2, 0.25) is 0 Å². The number of H-pyrrole nitrogens is 1. The highest BCUT2D eigenvalue weighted by molar-refractivity contribution is 6.02. The average Bonchev–Trinajstić information content (AvgIpc) is 3.60. The van der Waals surface area contributed by atoms with E-state index < -0.39 is 5.91 Å². The number of hydrogen-bond donors (Lipinski definition) is 3. The monoisotopic (exact) mass is 479 g/mol. The number of aromatic amines is 1. The minimum Gasteiger partial charge on any atom is -0.395 e. The number of nitrogens with zero attached hydrogens (tertiary/aromatic N) is 7. The number of rotatable bonds is 8. The van der Waals surface area contributed by atoms with Crippen LogP contribution in [0.25, 0.3) is 33.8 Å². The number of aromatic nitrogens is 7. The summed E-state index contributed by atoms with van der Waals surface area (Å²) in [6.45, 7) is 7.84. The first-order chi connectivity index (χ1) is 17.0. The molecule has 0 spiro atoms. The molecule has 12 heteroatoms. The van der Waals surface area contributed by atoms with Gasteiger partial charge < -0.3 is 15.6 Å². The Morgan fingerprint density at radius 1 is 1.29 bits per heavy atom. The SMILES string of the molecule is CCn1nc(C)cc1-c1n[nH]c(-c2cc(C(N)=O)cc3c2cnn3CCN2CCOC[C@@H]2CO)n1. The van der Waals surface area contributed by atoms with E-state index in [0.717, 1.165) is 28.8 Å². The summed E-state index contributed by atoms with van der Waals surface area (Å²) in [5.41, 5.74) is 9.19. The normalized spacial score (nSPS) is 16.8. The molecule has 1 aliphatic heterocycles. The van der Waals surface area contributed by atoms with Crippen molar-refractivity contribution in [3.8, 4) is 22.9 Å². The Kier molecular flexibility index (Phi) is 6.32. The van der Waals surface area contributed by atoms with Gasteiger partial charge in [-0.25, -0.2) is 4.98 Å². The Hall–Kier alpha value is -3.61. The van der Waals surface area contributed by atoms with Crippen LogP contribution in [-0.4, -0.2) is 89.6 Å². The van der Waals surface area contributed by atoms with Crippen LogP contribution in [0, 0.1) is 6.92 Å². The Morgan fingerprint density at radius 3 is 2.91 bits per heavy atom. The minimum atomic E-state index is -0.533. The molecule has 1 aliphatic rings. The van der Waals surface area contributed by atoms with Crippen LogP contribution >= 0.6 is 0 Å². The first kappa shape index (κ1) is 23.1. The highest BCUT2D eigenvalue weighted by Crippen LogP contribution is 2.30. The van der Waals surface area contributed by atoms with Gasteiger partial charge in [-0.15, -0.1) is 0 Å². The predicted molar refractivity (Wildman–Crippen MR) is 129 cm³/mol. The molecule has 4 aromatic rings. The first-order valence-electron chi connectivity index (χ1n) is 11.7. The lowest BCUT2D eigenvalue weighted by Crippen LogP contribution is -2.48. The summed E-state index contributed by atoms with van der Waals surface area (Å²) in [5, 5.41) is 26.9. The quantitative estimate of drug-likeness (QED) is 0.335. The van der Waals surface area contributed by atoms with Gasteiger partial charge in [0.25, 0.3) is 0 Å². The van der Waals surface area contributed by atoms with E-state index in [1.54, 1.807) is 18.3 Å². The van der Waals surface area contributed by atoms with E-state index in [2.05, 4.69) is 25.3 Å². The third-order valence-corrected chi connectivity index (χ3v) is 6.38. The molecule has 1 atom stereocenters. The summed E-state index contributed by atoms with van der Waals surface area (Å²) in [6.07, 6.45) is 1.76. The molecule has 4 heterocycles. The summed E-state index contributed by atoms with van der Waals surface area (Å²) < 4.78 is 9.17. The molecule has 12 nitrogen and oxygen atoms in total. The molecule has 0 radical (unpaired) electrons. The average molecular weight is 480 g/mol. The number of morpholine rings is 1. The predicted octanol–water partition coefficient (Wildman–Crippen LogP) is 0.805. The van der Waals surface area contributed by atoms with Crippen molar-refractivity contribution in [2.75, 3.05) is 32.9 Å². The standard InChI is InChI=1S/C23H29N9O3/c1-3-31-20(8-14(2)29-31)23-26-22(27-28-23)17-9-15(21(24)34)10-19-18(17)11-25-32(19)5-4-30-6-7-35-13-16(30)12-33/h8-11,16,33H,3-7,12-13H2,1-2H3,(H2,24,34)(H,26,27,28)/t16-/m0/s1. The maximum absolute atomic E-state index is 12.1. The Labute approximate surface area is 201 Å². The van der Waals surface area contributed by atoms with Crippen molar-refractivity contribution in [3.63, 3.8) is 0 Å². The van der Waals surface area contributed by atoms with E-state index in [1.165, 1.54) is 0 Å². The van der Waals surface area contributed by atoms with E-state index in [1.807, 2.05) is 29.3 Å². The fourth-order valence-electron chi connectivity index (χ4n) is 4.53. The van der Waals surface area contributed by atoms with Crippen molar-refractivity contribution in [1.29, 1.82) is 0 Å². The molecule has 0 unspecified atom stereocenters. The molecule has 0 bridgehead atoms. The number of benzene rings is 1. The van der Waals surface area contributed by atoms with E-state index in [9.17, 15) is 9.90 Å². The zero-order valence-electron chi connectivity index (χ0n) is 19.8. The number of aliphatic hydroxyl groups excluding tert-OH is 1. The number of aliphatic hydroxyl groups is 1. The van der Waals surface area contributed by atoms with Gasteiger partial charge in [-0.3, -0.25) is 24.2 Å². The lowest BCUT2D eigenvalue weighted by molar-refractivity contribution is -0.0287. The molecular weight excluding hydrogens is 450 g/mol. The molecule has 3 aromatic heterocycles. The molecule has 0 saturated carbocycles. The lowest BCUT2D eigenvalue weighted by Gasteiger charge is -2.34. The summed E-state index contributed by atoms with van der Waals surface area (Å²) in [5.74, 6) is 0.506. The van der Waals surface area contributed by atoms with Crippen LogP contribution in [0.15, 0.2) is 24.4 Å². The Bertz CT molecular complexity index is 1360. The second-order valence-electron chi connectivity index (χ2n) is 8.63. The van der Waals surface area contributed by atoms with Crippen molar-refractivity contribution >= 4 is 16.8 Å². The summed E-state index contributed by atoms with van der Waals surface area (Å²) >= 11 is 0. The molecule has 1 saturated heterocycles. The van der Waals surface area contributed by atoms with Crippen molar-refractivity contribution in [1.82, 2.24) is 39.6 Å². The number of fused-ring (bicyclic) bond motifs is 1. The van der Waals surface area contributed by atoms with E-state index in [0.29, 0.717) is 55.6 Å². The number of carbonyl (C=O) groups excluding carboxylic acids is 1. The van der Waals surface area contributed by atoms with Gasteiger partial charge >= 0.3 is 0 Å². The zero-order chi connectivity index (χ0) is 24.5. The van der Waals surface area contributed by atoms with Crippen molar-refractivity contribution in [2.45, 2.75) is 33.0 Å². The van der Waals surface area contributed by atoms with Gasteiger partial charge in [0.1, 0.15) is 5.69 Å². The Balaban J connectivity index is 1.50. The van der Waals surface area contributed by atoms with Gasteiger partial charge in [0.15, 0.2) is 11.6 Å². The number of nitrogens with two attached hydrogens (primary N) is 1. The number of amides is 1. The minimum absolute atomic E-state index is 0.0323. The number of primary amides is 1. The molecule has 1 fully saturated rings. The topological polar surface area (TPSA) is 153 Å². The first-order valence-corrected chi connectivity index (χ1v) is 11.7. The van der Waals surface area contributed by atoms with Gasteiger partial charge in [0.2, 0.25) is 5.91 Å². The highest BCUT2D eigenvalue weighted by Gasteiger charge is 2.23. The lowest BCUT2D eigenvalue weighted by atomic mass is 10.0. The van der Waals surface area contributed by atoms with Crippen LogP contribution in [0.5, 0.6) is 0 Å². The van der Waals surface area contributed by atoms with Crippen molar-refractivity contribution in [3.05, 3.63) is 35.7 Å². The summed E-state index contributed by atoms with van der Waals surface area (Å²) in [7, 11) is 0. The number of nitrogens with one attached hydrogen (secondary N) is 1. The second-order valence-corrected chi connectivity index (χ2v) is 8.63. The third-order valence-electron chi connectivity index (χ3n) is 6.38. The van der Waals surface area contributed by atoms with Gasteiger partial charge in [0, 0.05) is 36.1 Å². The smallest absolute Gasteiger partial charge is 0.248 e. The highest BCUT2D eigenvalue weighted by atomic mass is 16.5. The van der Waals surface area contributed by atoms with Crippen LogP contribution in [0.1, 0.15) is 23.0 Å². The summed E-state index contributed by atoms with van der Waals surface area (Å²) in [6, 6.07) is 5.38. The largest absolute Gasteiger partial charge is 0.395 e. The third kappa shape index (κ3) is 4.43. The fourth-order valence-corrected chi connectivity index (χ4v) is 4.53. The number of hydrogen-bond acceptors (Lipinski definition) is 8. The van der Waals surface area contributed by atoms with E-state index >= 15 is 0 Å². The van der Waals surface area contributed by atoms with Crippen LogP contribution in [-0.2, 0) is 17.8 Å². The van der Waals surface area contributed by atoms with Crippen LogP contribution in [0.3, 0.4) is 0 Å². The van der Waals surface area contributed by atoms with Crippen LogP contribution in [0.4, 0.5) is 0 Å². The van der Waals surface area contributed by atoms with Gasteiger partial charge in [-0.2, -0.15) is 15.3 Å². The van der Waals surface area contributed by atoms with Crippen molar-refractivity contribution in [2.24, 2.45) is 5.73 Å². The molecule has 4 N–H and O–H groups in total. The van der Waals surface area contributed by atoms with E-state index in [-0.39, 0.29) is 12.6 Å². The number of aryl methyl sites for hydroxylation is 2. The molecule has 184 valence electrons. The zero-order valence-corrected chi connectivity index (χ0v) is 19.8. The maximum Gasteiger partial charge on any atom is 0.248 e. The molecule has 0 aliphatic carbocycles. The molecular formula is C23H29N9O3. The molecule has 1 amide bonds. The van der Waals surface area contributed by atoms with E-state index in [4.69, 9.17) is 15.5 Å².